The Morgan fingerprint density at radius 3 is 1.90 bits per heavy atom. The van der Waals surface area contributed by atoms with E-state index in [1.54, 1.807) is 24.3 Å². The summed E-state index contributed by atoms with van der Waals surface area (Å²) < 4.78 is 4.20. The third kappa shape index (κ3) is 10.1. The maximum atomic E-state index is 10.7. The largest absolute Gasteiger partial charge is 1.00 e. The van der Waals surface area contributed by atoms with Gasteiger partial charge in [0.25, 0.3) is 5.69 Å². The molecule has 1 aromatic carbocycles. The summed E-state index contributed by atoms with van der Waals surface area (Å²) in [6, 6.07) is 6.66. The molecule has 0 fully saturated rings. The third-order valence-corrected chi connectivity index (χ3v) is 5.32. The molecular formula is C23H36BrN3O2. The highest BCUT2D eigenvalue weighted by Crippen LogP contribution is 2.13. The molecule has 0 bridgehead atoms. The van der Waals surface area contributed by atoms with Crippen LogP contribution in [0.1, 0.15) is 84.0 Å². The van der Waals surface area contributed by atoms with E-state index in [-0.39, 0.29) is 27.6 Å². The van der Waals surface area contributed by atoms with Gasteiger partial charge in [0, 0.05) is 12.1 Å². The molecule has 0 spiro atoms. The van der Waals surface area contributed by atoms with E-state index in [0.717, 1.165) is 12.2 Å². The molecule has 0 saturated carbocycles. The summed E-state index contributed by atoms with van der Waals surface area (Å²) in [6.45, 7) is 3.30. The summed E-state index contributed by atoms with van der Waals surface area (Å²) in [7, 11) is 0. The first-order valence-corrected chi connectivity index (χ1v) is 11.0. The molecule has 2 rings (SSSR count). The minimum absolute atomic E-state index is 0. The number of nitro benzene ring substituents is 1. The van der Waals surface area contributed by atoms with Crippen LogP contribution >= 0.6 is 0 Å². The molecule has 0 N–H and O–H groups in total. The molecule has 0 unspecified atom stereocenters. The summed E-state index contributed by atoms with van der Waals surface area (Å²) in [5, 5.41) is 10.7. The van der Waals surface area contributed by atoms with E-state index in [4.69, 9.17) is 0 Å². The Morgan fingerprint density at radius 1 is 0.862 bits per heavy atom. The molecule has 0 aliphatic rings. The van der Waals surface area contributed by atoms with Crippen molar-refractivity contribution in [3.8, 4) is 5.69 Å². The van der Waals surface area contributed by atoms with Gasteiger partial charge in [-0.05, 0) is 25.0 Å². The number of aromatic nitrogens is 2. The highest BCUT2D eigenvalue weighted by atomic mass is 79.9. The summed E-state index contributed by atoms with van der Waals surface area (Å²) in [5.41, 5.74) is 1.07. The maximum Gasteiger partial charge on any atom is 0.269 e. The number of hydrogen-bond acceptors (Lipinski definition) is 2. The normalized spacial score (nSPS) is 10.7. The quantitative estimate of drug-likeness (QED) is 0.175. The summed E-state index contributed by atoms with van der Waals surface area (Å²) in [4.78, 5) is 10.4. The number of unbranched alkanes of at least 4 members (excludes halogenated alkanes) is 11. The van der Waals surface area contributed by atoms with Crippen LogP contribution in [-0.2, 0) is 6.54 Å². The van der Waals surface area contributed by atoms with Gasteiger partial charge in [-0.25, -0.2) is 9.13 Å². The lowest BCUT2D eigenvalue weighted by Crippen LogP contribution is -3.00. The van der Waals surface area contributed by atoms with Crippen molar-refractivity contribution in [2.24, 2.45) is 0 Å². The number of halogens is 1. The second kappa shape index (κ2) is 15.2. The van der Waals surface area contributed by atoms with Crippen molar-refractivity contribution >= 4 is 5.69 Å². The van der Waals surface area contributed by atoms with Crippen molar-refractivity contribution in [3.63, 3.8) is 0 Å². The molecule has 6 heteroatoms. The molecule has 1 heterocycles. The van der Waals surface area contributed by atoms with Crippen LogP contribution in [0.3, 0.4) is 0 Å². The van der Waals surface area contributed by atoms with E-state index in [1.165, 1.54) is 77.0 Å². The van der Waals surface area contributed by atoms with Gasteiger partial charge < -0.3 is 17.0 Å². The Hall–Kier alpha value is -1.69. The number of imidazole rings is 1. The minimum Gasteiger partial charge on any atom is -1.00 e. The molecule has 0 aliphatic heterocycles. The molecule has 0 amide bonds. The number of aryl methyl sites for hydroxylation is 1. The zero-order valence-corrected chi connectivity index (χ0v) is 19.4. The van der Waals surface area contributed by atoms with Crippen molar-refractivity contribution < 1.29 is 26.5 Å². The van der Waals surface area contributed by atoms with E-state index in [0.29, 0.717) is 0 Å². The van der Waals surface area contributed by atoms with Gasteiger partial charge in [0.05, 0.1) is 11.5 Å². The van der Waals surface area contributed by atoms with Crippen LogP contribution in [0.2, 0.25) is 0 Å². The topological polar surface area (TPSA) is 52.0 Å². The lowest BCUT2D eigenvalue weighted by atomic mass is 10.1. The summed E-state index contributed by atoms with van der Waals surface area (Å²) in [6.07, 6.45) is 22.5. The molecule has 1 aromatic heterocycles. The third-order valence-electron chi connectivity index (χ3n) is 5.32. The lowest BCUT2D eigenvalue weighted by molar-refractivity contribution is -0.595. The highest BCUT2D eigenvalue weighted by Gasteiger charge is 2.09. The van der Waals surface area contributed by atoms with Crippen LogP contribution in [0.15, 0.2) is 43.0 Å². The van der Waals surface area contributed by atoms with Crippen molar-refractivity contribution in [2.75, 3.05) is 0 Å². The van der Waals surface area contributed by atoms with E-state index < -0.39 is 0 Å². The van der Waals surface area contributed by atoms with Crippen molar-refractivity contribution in [1.29, 1.82) is 0 Å². The van der Waals surface area contributed by atoms with Crippen LogP contribution < -0.4 is 21.5 Å². The summed E-state index contributed by atoms with van der Waals surface area (Å²) >= 11 is 0. The summed E-state index contributed by atoms with van der Waals surface area (Å²) in [5.74, 6) is 0. The number of non-ortho nitro benzene ring substituents is 1. The predicted octanol–water partition coefficient (Wildman–Crippen LogP) is 3.38. The molecule has 2 aromatic rings. The lowest BCUT2D eigenvalue weighted by Gasteiger charge is -2.02. The van der Waals surface area contributed by atoms with Crippen molar-refractivity contribution in [1.82, 2.24) is 4.57 Å². The minimum atomic E-state index is -0.368. The second-order valence-corrected chi connectivity index (χ2v) is 7.72. The molecular weight excluding hydrogens is 430 g/mol. The molecule has 0 aliphatic carbocycles. The smallest absolute Gasteiger partial charge is 0.269 e. The fourth-order valence-electron chi connectivity index (χ4n) is 3.56. The SMILES string of the molecule is CCCCCCCCCCCCCCn1cc[n+](-c2ccc([N+](=O)[O-])cc2)c1.[Br-]. The molecule has 0 saturated heterocycles. The second-order valence-electron chi connectivity index (χ2n) is 7.72. The highest BCUT2D eigenvalue weighted by molar-refractivity contribution is 5.36. The number of nitro groups is 1. The van der Waals surface area contributed by atoms with Gasteiger partial charge in [0.15, 0.2) is 0 Å². The molecule has 5 nitrogen and oxygen atoms in total. The van der Waals surface area contributed by atoms with Crippen LogP contribution in [0.5, 0.6) is 0 Å². The van der Waals surface area contributed by atoms with Gasteiger partial charge in [0.1, 0.15) is 18.1 Å². The monoisotopic (exact) mass is 465 g/mol. The van der Waals surface area contributed by atoms with Gasteiger partial charge in [-0.15, -0.1) is 0 Å². The van der Waals surface area contributed by atoms with E-state index in [9.17, 15) is 10.1 Å². The standard InChI is InChI=1S/C23H36N3O2.BrH/c1-2-3-4-5-6-7-8-9-10-11-12-13-18-24-19-20-25(21-24)22-14-16-23(17-15-22)26(27)28;/h14-17,19-21H,2-13,18H2,1H3;1H/q+1;/p-1. The van der Waals surface area contributed by atoms with Crippen LogP contribution in [0.25, 0.3) is 5.69 Å². The Morgan fingerprint density at radius 2 is 1.38 bits per heavy atom. The zero-order valence-electron chi connectivity index (χ0n) is 17.8. The molecule has 162 valence electrons. The van der Waals surface area contributed by atoms with Gasteiger partial charge in [0.2, 0.25) is 6.33 Å². The van der Waals surface area contributed by atoms with Crippen LogP contribution in [-0.4, -0.2) is 9.49 Å². The predicted molar refractivity (Wildman–Crippen MR) is 114 cm³/mol. The van der Waals surface area contributed by atoms with E-state index >= 15 is 0 Å². The van der Waals surface area contributed by atoms with E-state index in [1.807, 2.05) is 10.8 Å². The molecule has 0 radical (unpaired) electrons. The maximum absolute atomic E-state index is 10.7. The fourth-order valence-corrected chi connectivity index (χ4v) is 3.56. The first-order chi connectivity index (χ1) is 13.7. The zero-order chi connectivity index (χ0) is 20.0. The average molecular weight is 466 g/mol. The number of benzene rings is 1. The average Bonchev–Trinajstić information content (AvgIpc) is 3.18. The fraction of sp³-hybridized carbons (Fsp3) is 0.609. The van der Waals surface area contributed by atoms with Crippen LogP contribution in [0, 0.1) is 10.1 Å². The Labute approximate surface area is 186 Å². The van der Waals surface area contributed by atoms with Gasteiger partial charge in [-0.3, -0.25) is 10.1 Å². The van der Waals surface area contributed by atoms with Crippen molar-refractivity contribution in [3.05, 3.63) is 53.1 Å². The van der Waals surface area contributed by atoms with Crippen molar-refractivity contribution in [2.45, 2.75) is 90.5 Å². The number of nitrogens with zero attached hydrogens (tertiary/aromatic N) is 3. The van der Waals surface area contributed by atoms with Gasteiger partial charge in [-0.1, -0.05) is 71.1 Å². The molecule has 29 heavy (non-hydrogen) atoms. The first kappa shape index (κ1) is 25.3. The Bertz CT molecular complexity index is 686. The Balaban J connectivity index is 0.00000420. The number of hydrogen-bond donors (Lipinski definition) is 0. The van der Waals surface area contributed by atoms with E-state index in [2.05, 4.69) is 24.0 Å². The first-order valence-electron chi connectivity index (χ1n) is 11.0. The number of rotatable bonds is 15. The van der Waals surface area contributed by atoms with Crippen LogP contribution in [0.4, 0.5) is 5.69 Å². The molecule has 0 atom stereocenters. The Kier molecular flexibility index (Phi) is 13.3. The van der Waals surface area contributed by atoms with Gasteiger partial charge >= 0.3 is 0 Å². The van der Waals surface area contributed by atoms with Gasteiger partial charge in [-0.2, -0.15) is 0 Å².